The van der Waals surface area contributed by atoms with Crippen LogP contribution in [-0.4, -0.2) is 14.1 Å². The van der Waals surface area contributed by atoms with Crippen LogP contribution in [0.1, 0.15) is 103 Å². The minimum absolute atomic E-state index is 0.967. The second-order valence-corrected chi connectivity index (χ2v) is 8.37. The third kappa shape index (κ3) is 10.9. The molecule has 1 atom stereocenters. The fraction of sp³-hybridized carbons (Fsp3) is 0.760. The molecule has 0 aliphatic carbocycles. The van der Waals surface area contributed by atoms with E-state index in [1.165, 1.54) is 101 Å². The molecule has 0 saturated carbocycles. The molecule has 1 heteroatoms. The standard InChI is InChI=1S/C25H45N/c1-5-7-9-11-13-16-23(15-12-10-8-6-2)17-14-18-24-19-21-25(22-20-24)26(3)4/h19-23H,5-18H2,1-4H3. The molecular weight excluding hydrogens is 314 g/mol. The Morgan fingerprint density at radius 2 is 1.15 bits per heavy atom. The topological polar surface area (TPSA) is 3.24 Å². The third-order valence-corrected chi connectivity index (χ3v) is 5.71. The summed E-state index contributed by atoms with van der Waals surface area (Å²) in [7, 11) is 4.22. The first-order valence-corrected chi connectivity index (χ1v) is 11.4. The monoisotopic (exact) mass is 359 g/mol. The molecule has 1 nitrogen and oxygen atoms in total. The van der Waals surface area contributed by atoms with Crippen LogP contribution in [0.4, 0.5) is 5.69 Å². The molecule has 0 aliphatic rings. The summed E-state index contributed by atoms with van der Waals surface area (Å²) in [6.45, 7) is 4.62. The van der Waals surface area contributed by atoms with Crippen LogP contribution in [0.2, 0.25) is 0 Å². The average Bonchev–Trinajstić information content (AvgIpc) is 2.65. The molecular formula is C25H45N. The molecule has 1 aromatic carbocycles. The van der Waals surface area contributed by atoms with Crippen LogP contribution < -0.4 is 4.90 Å². The molecule has 1 unspecified atom stereocenters. The fourth-order valence-electron chi connectivity index (χ4n) is 3.88. The van der Waals surface area contributed by atoms with Crippen molar-refractivity contribution in [2.24, 2.45) is 5.92 Å². The van der Waals surface area contributed by atoms with Crippen LogP contribution >= 0.6 is 0 Å². The number of aryl methyl sites for hydroxylation is 1. The van der Waals surface area contributed by atoms with Gasteiger partial charge in [-0.05, 0) is 36.5 Å². The molecule has 0 fully saturated rings. The Balaban J connectivity index is 2.32. The van der Waals surface area contributed by atoms with Crippen LogP contribution in [0.3, 0.4) is 0 Å². The van der Waals surface area contributed by atoms with Gasteiger partial charge < -0.3 is 4.90 Å². The summed E-state index contributed by atoms with van der Waals surface area (Å²) in [5.41, 5.74) is 2.80. The van der Waals surface area contributed by atoms with E-state index in [1.54, 1.807) is 0 Å². The van der Waals surface area contributed by atoms with Crippen molar-refractivity contribution in [1.29, 1.82) is 0 Å². The van der Waals surface area contributed by atoms with E-state index in [9.17, 15) is 0 Å². The van der Waals surface area contributed by atoms with Gasteiger partial charge in [-0.25, -0.2) is 0 Å². The second kappa shape index (κ2) is 15.1. The normalized spacial score (nSPS) is 12.3. The van der Waals surface area contributed by atoms with E-state index in [1.807, 2.05) is 0 Å². The van der Waals surface area contributed by atoms with E-state index in [-0.39, 0.29) is 0 Å². The zero-order chi connectivity index (χ0) is 19.0. The maximum Gasteiger partial charge on any atom is 0.0361 e. The van der Waals surface area contributed by atoms with Crippen molar-refractivity contribution < 1.29 is 0 Å². The molecule has 1 rings (SSSR count). The zero-order valence-electron chi connectivity index (χ0n) is 18.2. The number of hydrogen-bond acceptors (Lipinski definition) is 1. The minimum atomic E-state index is 0.967. The summed E-state index contributed by atoms with van der Waals surface area (Å²) < 4.78 is 0. The quantitative estimate of drug-likeness (QED) is 0.270. The first-order chi connectivity index (χ1) is 12.7. The Kier molecular flexibility index (Phi) is 13.4. The number of unbranched alkanes of at least 4 members (excludes halogenated alkanes) is 7. The molecule has 0 saturated heterocycles. The van der Waals surface area contributed by atoms with Gasteiger partial charge in [0.1, 0.15) is 0 Å². The van der Waals surface area contributed by atoms with Crippen molar-refractivity contribution in [3.8, 4) is 0 Å². The van der Waals surface area contributed by atoms with Crippen molar-refractivity contribution in [3.63, 3.8) is 0 Å². The van der Waals surface area contributed by atoms with E-state index in [0.717, 1.165) is 5.92 Å². The van der Waals surface area contributed by atoms with E-state index < -0.39 is 0 Å². The molecule has 0 amide bonds. The van der Waals surface area contributed by atoms with Crippen molar-refractivity contribution in [2.45, 2.75) is 104 Å². The Morgan fingerprint density at radius 1 is 0.654 bits per heavy atom. The van der Waals surface area contributed by atoms with Crippen LogP contribution in [0.5, 0.6) is 0 Å². The van der Waals surface area contributed by atoms with Gasteiger partial charge in [0.2, 0.25) is 0 Å². The number of rotatable bonds is 16. The van der Waals surface area contributed by atoms with E-state index in [4.69, 9.17) is 0 Å². The lowest BCUT2D eigenvalue weighted by atomic mass is 9.89. The van der Waals surface area contributed by atoms with Gasteiger partial charge in [-0.15, -0.1) is 0 Å². The lowest BCUT2D eigenvalue weighted by Gasteiger charge is -2.17. The second-order valence-electron chi connectivity index (χ2n) is 8.37. The highest BCUT2D eigenvalue weighted by Gasteiger charge is 2.09. The van der Waals surface area contributed by atoms with Crippen LogP contribution in [-0.2, 0) is 6.42 Å². The Labute approximate surface area is 164 Å². The Morgan fingerprint density at radius 3 is 1.69 bits per heavy atom. The summed E-state index contributed by atoms with van der Waals surface area (Å²) in [4.78, 5) is 2.18. The molecule has 0 N–H and O–H groups in total. The van der Waals surface area contributed by atoms with Crippen LogP contribution in [0.15, 0.2) is 24.3 Å². The van der Waals surface area contributed by atoms with Gasteiger partial charge in [0.15, 0.2) is 0 Å². The first kappa shape index (κ1) is 23.1. The average molecular weight is 360 g/mol. The number of nitrogens with zero attached hydrogens (tertiary/aromatic N) is 1. The highest BCUT2D eigenvalue weighted by molar-refractivity contribution is 5.45. The zero-order valence-corrected chi connectivity index (χ0v) is 18.2. The molecule has 0 aliphatic heterocycles. The van der Waals surface area contributed by atoms with Crippen LogP contribution in [0, 0.1) is 5.92 Å². The Bertz CT molecular complexity index is 420. The van der Waals surface area contributed by atoms with Gasteiger partial charge in [-0.1, -0.05) is 103 Å². The van der Waals surface area contributed by atoms with Gasteiger partial charge in [0.05, 0.1) is 0 Å². The SMILES string of the molecule is CCCCCCCC(CCCCCC)CCCc1ccc(N(C)C)cc1. The lowest BCUT2D eigenvalue weighted by Crippen LogP contribution is -2.08. The predicted molar refractivity (Wildman–Crippen MR) is 119 cm³/mol. The molecule has 150 valence electrons. The maximum atomic E-state index is 2.32. The highest BCUT2D eigenvalue weighted by atomic mass is 15.1. The summed E-state index contributed by atoms with van der Waals surface area (Å²) in [5.74, 6) is 0.967. The summed E-state index contributed by atoms with van der Waals surface area (Å²) in [5, 5.41) is 0. The predicted octanol–water partition coefficient (Wildman–Crippen LogP) is 8.02. The van der Waals surface area contributed by atoms with E-state index in [0.29, 0.717) is 0 Å². The maximum absolute atomic E-state index is 2.32. The van der Waals surface area contributed by atoms with E-state index >= 15 is 0 Å². The lowest BCUT2D eigenvalue weighted by molar-refractivity contribution is 0.373. The van der Waals surface area contributed by atoms with Gasteiger partial charge >= 0.3 is 0 Å². The Hall–Kier alpha value is -0.980. The van der Waals surface area contributed by atoms with E-state index in [2.05, 4.69) is 57.1 Å². The number of anilines is 1. The number of hydrogen-bond donors (Lipinski definition) is 0. The molecule has 0 aromatic heterocycles. The number of benzene rings is 1. The largest absolute Gasteiger partial charge is 0.378 e. The molecule has 0 bridgehead atoms. The fourth-order valence-corrected chi connectivity index (χ4v) is 3.88. The molecule has 0 radical (unpaired) electrons. The van der Waals surface area contributed by atoms with Gasteiger partial charge in [-0.2, -0.15) is 0 Å². The van der Waals surface area contributed by atoms with Gasteiger partial charge in [0.25, 0.3) is 0 Å². The van der Waals surface area contributed by atoms with Crippen molar-refractivity contribution >= 4 is 5.69 Å². The molecule has 1 aromatic rings. The summed E-state index contributed by atoms with van der Waals surface area (Å²) in [6, 6.07) is 9.14. The molecule has 0 heterocycles. The van der Waals surface area contributed by atoms with Crippen molar-refractivity contribution in [3.05, 3.63) is 29.8 Å². The molecule has 26 heavy (non-hydrogen) atoms. The summed E-state index contributed by atoms with van der Waals surface area (Å²) >= 11 is 0. The third-order valence-electron chi connectivity index (χ3n) is 5.71. The molecule has 0 spiro atoms. The van der Waals surface area contributed by atoms with Crippen molar-refractivity contribution in [1.82, 2.24) is 0 Å². The minimum Gasteiger partial charge on any atom is -0.378 e. The van der Waals surface area contributed by atoms with Crippen molar-refractivity contribution in [2.75, 3.05) is 19.0 Å². The smallest absolute Gasteiger partial charge is 0.0361 e. The first-order valence-electron chi connectivity index (χ1n) is 11.4. The van der Waals surface area contributed by atoms with Gasteiger partial charge in [0, 0.05) is 19.8 Å². The highest BCUT2D eigenvalue weighted by Crippen LogP contribution is 2.24. The summed E-state index contributed by atoms with van der Waals surface area (Å²) in [6.07, 6.45) is 19.7. The van der Waals surface area contributed by atoms with Crippen LogP contribution in [0.25, 0.3) is 0 Å². The van der Waals surface area contributed by atoms with Gasteiger partial charge in [-0.3, -0.25) is 0 Å².